The zero-order chi connectivity index (χ0) is 15.0. The minimum atomic E-state index is 0.0232. The minimum absolute atomic E-state index is 0.0232. The molecule has 0 aliphatic carbocycles. The first kappa shape index (κ1) is 14.1. The third kappa shape index (κ3) is 2.33. The Kier molecular flexibility index (Phi) is 3.71. The lowest BCUT2D eigenvalue weighted by Gasteiger charge is -2.06. The molecule has 0 unspecified atom stereocenters. The molecule has 1 aromatic heterocycles. The van der Waals surface area contributed by atoms with E-state index in [2.05, 4.69) is 22.6 Å². The average Bonchev–Trinajstić information content (AvgIpc) is 2.84. The molecule has 0 bridgehead atoms. The van der Waals surface area contributed by atoms with Gasteiger partial charge in [-0.15, -0.1) is 0 Å². The van der Waals surface area contributed by atoms with E-state index < -0.39 is 0 Å². The highest BCUT2D eigenvalue weighted by molar-refractivity contribution is 14.1. The molecule has 0 fully saturated rings. The number of halogens is 1. The van der Waals surface area contributed by atoms with Crippen molar-refractivity contribution in [1.29, 1.82) is 0 Å². The lowest BCUT2D eigenvalue weighted by atomic mass is 10.0. The van der Waals surface area contributed by atoms with Gasteiger partial charge in [0, 0.05) is 22.4 Å². The first-order chi connectivity index (χ1) is 10.1. The van der Waals surface area contributed by atoms with E-state index >= 15 is 0 Å². The van der Waals surface area contributed by atoms with Gasteiger partial charge in [-0.1, -0.05) is 18.2 Å². The highest BCUT2D eigenvalue weighted by Crippen LogP contribution is 2.32. The van der Waals surface area contributed by atoms with Gasteiger partial charge in [0.25, 0.3) is 0 Å². The van der Waals surface area contributed by atoms with E-state index in [0.717, 1.165) is 25.8 Å². The summed E-state index contributed by atoms with van der Waals surface area (Å²) in [6.07, 6.45) is 1.87. The number of hydrogen-bond donors (Lipinski definition) is 0. The molecule has 21 heavy (non-hydrogen) atoms. The maximum atomic E-state index is 12.9. The second-order valence-electron chi connectivity index (χ2n) is 4.82. The van der Waals surface area contributed by atoms with Crippen molar-refractivity contribution in [2.45, 2.75) is 0 Å². The Morgan fingerprint density at radius 1 is 1.10 bits per heavy atom. The lowest BCUT2D eigenvalue weighted by Crippen LogP contribution is -2.03. The zero-order valence-corrected chi connectivity index (χ0v) is 13.9. The fourth-order valence-electron chi connectivity index (χ4n) is 2.54. The van der Waals surface area contributed by atoms with Crippen molar-refractivity contribution in [3.8, 4) is 5.75 Å². The fourth-order valence-corrected chi connectivity index (χ4v) is 3.18. The molecule has 0 aliphatic rings. The van der Waals surface area contributed by atoms with Gasteiger partial charge in [-0.25, -0.2) is 0 Å². The summed E-state index contributed by atoms with van der Waals surface area (Å²) in [6.45, 7) is 0. The molecular formula is C17H14INO2. The van der Waals surface area contributed by atoms with Gasteiger partial charge in [0.2, 0.25) is 0 Å². The third-order valence-electron chi connectivity index (χ3n) is 3.56. The molecule has 0 saturated heterocycles. The molecule has 0 amide bonds. The summed E-state index contributed by atoms with van der Waals surface area (Å²) < 4.78 is 8.34. The summed E-state index contributed by atoms with van der Waals surface area (Å²) in [6, 6.07) is 13.4. The van der Waals surface area contributed by atoms with Crippen LogP contribution in [0.2, 0.25) is 0 Å². The number of ketones is 1. The van der Waals surface area contributed by atoms with Gasteiger partial charge in [-0.3, -0.25) is 4.79 Å². The van der Waals surface area contributed by atoms with E-state index in [1.807, 2.05) is 60.3 Å². The highest BCUT2D eigenvalue weighted by atomic mass is 127. The normalized spacial score (nSPS) is 10.8. The number of aryl methyl sites for hydroxylation is 1. The molecule has 106 valence electrons. The van der Waals surface area contributed by atoms with Gasteiger partial charge in [0.05, 0.1) is 23.6 Å². The molecule has 0 aliphatic heterocycles. The summed E-state index contributed by atoms with van der Waals surface area (Å²) in [5.74, 6) is 0.748. The first-order valence-electron chi connectivity index (χ1n) is 6.54. The number of carbonyl (C=O) groups is 1. The second-order valence-corrected chi connectivity index (χ2v) is 5.98. The summed E-state index contributed by atoms with van der Waals surface area (Å²) in [7, 11) is 3.57. The number of aromatic nitrogens is 1. The SMILES string of the molecule is COc1cccc2c1c(C(=O)c1ccccc1I)cn2C. The molecule has 3 rings (SSSR count). The highest BCUT2D eigenvalue weighted by Gasteiger charge is 2.20. The monoisotopic (exact) mass is 391 g/mol. The fraction of sp³-hybridized carbons (Fsp3) is 0.118. The molecule has 1 heterocycles. The molecule has 2 aromatic carbocycles. The van der Waals surface area contributed by atoms with Crippen LogP contribution in [0.1, 0.15) is 15.9 Å². The molecule has 0 N–H and O–H groups in total. The van der Waals surface area contributed by atoms with Crippen LogP contribution in [0.4, 0.5) is 0 Å². The maximum Gasteiger partial charge on any atom is 0.196 e. The van der Waals surface area contributed by atoms with E-state index in [0.29, 0.717) is 5.56 Å². The Hall–Kier alpha value is -1.82. The Labute approximate surface area is 136 Å². The van der Waals surface area contributed by atoms with E-state index in [-0.39, 0.29) is 5.78 Å². The lowest BCUT2D eigenvalue weighted by molar-refractivity contribution is 0.103. The smallest absolute Gasteiger partial charge is 0.196 e. The predicted octanol–water partition coefficient (Wildman–Crippen LogP) is 4.02. The Morgan fingerprint density at radius 2 is 1.86 bits per heavy atom. The van der Waals surface area contributed by atoms with Gasteiger partial charge >= 0.3 is 0 Å². The summed E-state index contributed by atoms with van der Waals surface area (Å²) in [5, 5.41) is 0.868. The Balaban J connectivity index is 2.26. The van der Waals surface area contributed by atoms with E-state index in [4.69, 9.17) is 4.74 Å². The van der Waals surface area contributed by atoms with Crippen molar-refractivity contribution >= 4 is 39.3 Å². The average molecular weight is 391 g/mol. The Bertz CT molecular complexity index is 836. The molecule has 0 radical (unpaired) electrons. The third-order valence-corrected chi connectivity index (χ3v) is 4.50. The zero-order valence-electron chi connectivity index (χ0n) is 11.8. The van der Waals surface area contributed by atoms with Crippen molar-refractivity contribution in [2.24, 2.45) is 7.05 Å². The van der Waals surface area contributed by atoms with Gasteiger partial charge in [-0.2, -0.15) is 0 Å². The number of rotatable bonds is 3. The van der Waals surface area contributed by atoms with Crippen LogP contribution in [-0.4, -0.2) is 17.5 Å². The van der Waals surface area contributed by atoms with E-state index in [9.17, 15) is 4.79 Å². The maximum absolute atomic E-state index is 12.9. The number of fused-ring (bicyclic) bond motifs is 1. The van der Waals surface area contributed by atoms with Crippen molar-refractivity contribution < 1.29 is 9.53 Å². The molecule has 0 atom stereocenters. The van der Waals surface area contributed by atoms with Crippen LogP contribution in [0.3, 0.4) is 0 Å². The van der Waals surface area contributed by atoms with Gasteiger partial charge < -0.3 is 9.30 Å². The largest absolute Gasteiger partial charge is 0.496 e. The van der Waals surface area contributed by atoms with Crippen molar-refractivity contribution in [3.63, 3.8) is 0 Å². The summed E-state index contributed by atoms with van der Waals surface area (Å²) in [4.78, 5) is 12.9. The number of hydrogen-bond acceptors (Lipinski definition) is 2. The number of nitrogens with zero attached hydrogens (tertiary/aromatic N) is 1. The number of carbonyl (C=O) groups excluding carboxylic acids is 1. The molecule has 3 aromatic rings. The minimum Gasteiger partial charge on any atom is -0.496 e. The molecule has 4 heteroatoms. The van der Waals surface area contributed by atoms with Gasteiger partial charge in [0.15, 0.2) is 5.78 Å². The Morgan fingerprint density at radius 3 is 2.57 bits per heavy atom. The molecule has 3 nitrogen and oxygen atoms in total. The second kappa shape index (κ2) is 5.52. The summed E-state index contributed by atoms with van der Waals surface area (Å²) >= 11 is 2.19. The van der Waals surface area contributed by atoms with Crippen LogP contribution in [-0.2, 0) is 7.05 Å². The number of methoxy groups -OCH3 is 1. The van der Waals surface area contributed by atoms with Crippen molar-refractivity contribution in [1.82, 2.24) is 4.57 Å². The van der Waals surface area contributed by atoms with Crippen LogP contribution in [0.5, 0.6) is 5.75 Å². The van der Waals surface area contributed by atoms with E-state index in [1.165, 1.54) is 0 Å². The van der Waals surface area contributed by atoms with Crippen LogP contribution >= 0.6 is 22.6 Å². The quantitative estimate of drug-likeness (QED) is 0.499. The van der Waals surface area contributed by atoms with E-state index in [1.54, 1.807) is 7.11 Å². The van der Waals surface area contributed by atoms with Crippen molar-refractivity contribution in [3.05, 3.63) is 63.4 Å². The standard InChI is InChI=1S/C17H14INO2/c1-19-10-12(16-14(19)8-5-9-15(16)21-2)17(20)11-6-3-4-7-13(11)18/h3-10H,1-2H3. The van der Waals surface area contributed by atoms with Crippen LogP contribution < -0.4 is 4.74 Å². The number of benzene rings is 2. The predicted molar refractivity (Wildman–Crippen MR) is 92.1 cm³/mol. The van der Waals surface area contributed by atoms with Gasteiger partial charge in [-0.05, 0) is 46.9 Å². The van der Waals surface area contributed by atoms with Crippen LogP contribution in [0.25, 0.3) is 10.9 Å². The van der Waals surface area contributed by atoms with Crippen molar-refractivity contribution in [2.75, 3.05) is 7.11 Å². The summed E-state index contributed by atoms with van der Waals surface area (Å²) in [5.41, 5.74) is 2.38. The van der Waals surface area contributed by atoms with Gasteiger partial charge in [0.1, 0.15) is 5.75 Å². The molecule has 0 spiro atoms. The number of ether oxygens (including phenoxy) is 1. The van der Waals surface area contributed by atoms with Crippen LogP contribution in [0, 0.1) is 3.57 Å². The topological polar surface area (TPSA) is 31.2 Å². The molecule has 0 saturated carbocycles. The molecular weight excluding hydrogens is 377 g/mol. The van der Waals surface area contributed by atoms with Crippen LogP contribution in [0.15, 0.2) is 48.7 Å². The first-order valence-corrected chi connectivity index (χ1v) is 7.62.